The van der Waals surface area contributed by atoms with Gasteiger partial charge in [-0.05, 0) is 0 Å². The van der Waals surface area contributed by atoms with E-state index in [1.165, 1.54) is 12.8 Å². The molecule has 0 aliphatic carbocycles. The van der Waals surface area contributed by atoms with Crippen molar-refractivity contribution in [1.82, 2.24) is 0 Å². The van der Waals surface area contributed by atoms with Crippen molar-refractivity contribution >= 4 is 35.9 Å². The predicted molar refractivity (Wildman–Crippen MR) is 78.0 cm³/mol. The Labute approximate surface area is 119 Å². The molecule has 0 spiro atoms. The van der Waals surface area contributed by atoms with Crippen molar-refractivity contribution in [2.45, 2.75) is 27.7 Å². The normalized spacial score (nSPS) is 17.3. The molecule has 0 radical (unpaired) electrons. The van der Waals surface area contributed by atoms with Gasteiger partial charge in [0.15, 0.2) is 0 Å². The topological polar surface area (TPSA) is 17.1 Å². The first-order chi connectivity index (χ1) is 8.38. The van der Waals surface area contributed by atoms with E-state index in [0.717, 1.165) is 5.57 Å². The van der Waals surface area contributed by atoms with Crippen LogP contribution in [0.1, 0.15) is 33.3 Å². The fourth-order valence-corrected chi connectivity index (χ4v) is 5.21. The van der Waals surface area contributed by atoms with Crippen LogP contribution in [-0.4, -0.2) is 26.7 Å². The van der Waals surface area contributed by atoms with E-state index in [1.807, 2.05) is 0 Å². The molecule has 0 bridgehead atoms. The summed E-state index contributed by atoms with van der Waals surface area (Å²) < 4.78 is 2.96. The summed E-state index contributed by atoms with van der Waals surface area (Å²) in [5, 5.41) is 0. The third-order valence-electron chi connectivity index (χ3n) is 2.80. The van der Waals surface area contributed by atoms with Crippen molar-refractivity contribution in [3.8, 4) is 0 Å². The van der Waals surface area contributed by atoms with E-state index in [9.17, 15) is 4.79 Å². The second kappa shape index (κ2) is 5.03. The summed E-state index contributed by atoms with van der Waals surface area (Å²) in [6.07, 6.45) is 4.00. The standard InChI is InChI=1S/C16H18OTe/c1-11(17)9-12-10-15(16(2,3)4)18-14-8-6-5-7-13(12)14/h5-10H,1-4H3/b12-9+. The molecule has 18 heavy (non-hydrogen) atoms. The van der Waals surface area contributed by atoms with Gasteiger partial charge in [0, 0.05) is 0 Å². The van der Waals surface area contributed by atoms with Crippen molar-refractivity contribution in [1.29, 1.82) is 0 Å². The third kappa shape index (κ3) is 2.94. The number of hydrogen-bond donors (Lipinski definition) is 0. The van der Waals surface area contributed by atoms with Gasteiger partial charge in [-0.25, -0.2) is 0 Å². The Kier molecular flexibility index (Phi) is 3.80. The zero-order valence-corrected chi connectivity index (χ0v) is 13.6. The molecular weight excluding hydrogens is 336 g/mol. The van der Waals surface area contributed by atoms with Crippen molar-refractivity contribution in [3.63, 3.8) is 0 Å². The van der Waals surface area contributed by atoms with Gasteiger partial charge >= 0.3 is 119 Å². The van der Waals surface area contributed by atoms with Crippen molar-refractivity contribution < 1.29 is 4.79 Å². The fourth-order valence-electron chi connectivity index (χ4n) is 1.87. The summed E-state index contributed by atoms with van der Waals surface area (Å²) in [5.74, 6) is 0.117. The zero-order valence-electron chi connectivity index (χ0n) is 11.3. The molecular formula is C16H18OTe. The van der Waals surface area contributed by atoms with Gasteiger partial charge in [-0.2, -0.15) is 0 Å². The molecule has 2 rings (SSSR count). The number of benzene rings is 1. The molecule has 0 N–H and O–H groups in total. The molecule has 0 unspecified atom stereocenters. The average Bonchev–Trinajstić information content (AvgIpc) is 2.27. The van der Waals surface area contributed by atoms with Crippen LogP contribution in [0.4, 0.5) is 0 Å². The van der Waals surface area contributed by atoms with E-state index < -0.39 is 0 Å². The van der Waals surface area contributed by atoms with Gasteiger partial charge in [0.25, 0.3) is 0 Å². The fraction of sp³-hybridized carbons (Fsp3) is 0.312. The summed E-state index contributed by atoms with van der Waals surface area (Å²) in [7, 11) is 0. The van der Waals surface area contributed by atoms with Gasteiger partial charge in [-0.3, -0.25) is 0 Å². The first-order valence-corrected chi connectivity index (χ1v) is 8.42. The third-order valence-corrected chi connectivity index (χ3v) is 7.16. The molecule has 0 fully saturated rings. The van der Waals surface area contributed by atoms with Crippen LogP contribution >= 0.6 is 0 Å². The zero-order chi connectivity index (χ0) is 13.3. The first-order valence-electron chi connectivity index (χ1n) is 6.09. The van der Waals surface area contributed by atoms with E-state index in [-0.39, 0.29) is 32.1 Å². The van der Waals surface area contributed by atoms with Crippen molar-refractivity contribution in [3.05, 3.63) is 45.6 Å². The van der Waals surface area contributed by atoms with Crippen LogP contribution < -0.4 is 3.61 Å². The van der Waals surface area contributed by atoms with Crippen LogP contribution in [0, 0.1) is 5.41 Å². The van der Waals surface area contributed by atoms with Gasteiger partial charge in [0.05, 0.1) is 0 Å². The van der Waals surface area contributed by atoms with Crippen LogP contribution in [-0.2, 0) is 4.79 Å². The molecule has 1 nitrogen and oxygen atoms in total. The van der Waals surface area contributed by atoms with E-state index in [4.69, 9.17) is 0 Å². The molecule has 94 valence electrons. The quantitative estimate of drug-likeness (QED) is 0.560. The summed E-state index contributed by atoms with van der Waals surface area (Å²) in [5.41, 5.74) is 2.54. The summed E-state index contributed by atoms with van der Waals surface area (Å²) in [4.78, 5) is 11.4. The van der Waals surface area contributed by atoms with Crippen LogP contribution in [0.5, 0.6) is 0 Å². The molecule has 1 aliphatic heterocycles. The van der Waals surface area contributed by atoms with Crippen molar-refractivity contribution in [2.75, 3.05) is 0 Å². The van der Waals surface area contributed by atoms with E-state index in [2.05, 4.69) is 51.1 Å². The molecule has 2 heteroatoms. The maximum absolute atomic E-state index is 11.4. The average molecular weight is 354 g/mol. The molecule has 0 saturated carbocycles. The number of ketones is 1. The molecule has 1 aliphatic rings. The summed E-state index contributed by atoms with van der Waals surface area (Å²) in [6.45, 7) is 8.38. The number of carbonyl (C=O) groups excluding carboxylic acids is 1. The predicted octanol–water partition coefficient (Wildman–Crippen LogP) is 2.93. The molecule has 1 aromatic rings. The SMILES string of the molecule is CC(=O)/C=C1\C=C(C(C)(C)C)[Te]c2ccccc21. The molecule has 1 aromatic carbocycles. The number of rotatable bonds is 1. The Morgan fingerprint density at radius 3 is 2.50 bits per heavy atom. The van der Waals surface area contributed by atoms with Crippen molar-refractivity contribution in [2.24, 2.45) is 5.41 Å². The Morgan fingerprint density at radius 1 is 1.22 bits per heavy atom. The Hall–Kier alpha value is -0.840. The van der Waals surface area contributed by atoms with E-state index >= 15 is 0 Å². The molecule has 0 aromatic heterocycles. The van der Waals surface area contributed by atoms with Gasteiger partial charge in [-0.1, -0.05) is 0 Å². The Morgan fingerprint density at radius 2 is 1.89 bits per heavy atom. The van der Waals surface area contributed by atoms with Crippen LogP contribution in [0.2, 0.25) is 0 Å². The van der Waals surface area contributed by atoms with Crippen LogP contribution in [0.25, 0.3) is 5.57 Å². The van der Waals surface area contributed by atoms with Crippen LogP contribution in [0.15, 0.2) is 40.0 Å². The number of hydrogen-bond acceptors (Lipinski definition) is 1. The summed E-state index contributed by atoms with van der Waals surface area (Å²) in [6, 6.07) is 8.49. The number of carbonyl (C=O) groups is 1. The maximum atomic E-state index is 11.4. The summed E-state index contributed by atoms with van der Waals surface area (Å²) >= 11 is -0.302. The van der Waals surface area contributed by atoms with Gasteiger partial charge in [-0.15, -0.1) is 0 Å². The molecule has 0 amide bonds. The van der Waals surface area contributed by atoms with Gasteiger partial charge < -0.3 is 0 Å². The minimum atomic E-state index is -0.302. The monoisotopic (exact) mass is 356 g/mol. The second-order valence-corrected chi connectivity index (χ2v) is 8.66. The van der Waals surface area contributed by atoms with Crippen LogP contribution in [0.3, 0.4) is 0 Å². The number of allylic oxidation sites excluding steroid dienone is 4. The second-order valence-electron chi connectivity index (χ2n) is 5.57. The van der Waals surface area contributed by atoms with E-state index in [0.29, 0.717) is 0 Å². The Balaban J connectivity index is 2.56. The molecule has 0 saturated heterocycles. The van der Waals surface area contributed by atoms with E-state index in [1.54, 1.807) is 13.0 Å². The first kappa shape index (κ1) is 13.6. The molecule has 0 atom stereocenters. The van der Waals surface area contributed by atoms with Gasteiger partial charge in [0.1, 0.15) is 0 Å². The van der Waals surface area contributed by atoms with Gasteiger partial charge in [0.2, 0.25) is 0 Å². The number of fused-ring (bicyclic) bond motifs is 1. The minimum absolute atomic E-state index is 0.117. The molecule has 1 heterocycles. The Bertz CT molecular complexity index is 544.